The van der Waals surface area contributed by atoms with Crippen molar-refractivity contribution < 1.29 is 9.59 Å². The molecule has 0 saturated carbocycles. The summed E-state index contributed by atoms with van der Waals surface area (Å²) in [4.78, 5) is 33.7. The van der Waals surface area contributed by atoms with Gasteiger partial charge in [0.1, 0.15) is 5.69 Å². The fraction of sp³-hybridized carbons (Fsp3) is 0.200. The van der Waals surface area contributed by atoms with Gasteiger partial charge in [-0.3, -0.25) is 9.59 Å². The summed E-state index contributed by atoms with van der Waals surface area (Å²) >= 11 is 1.47. The zero-order valence-corrected chi connectivity index (χ0v) is 16.4. The van der Waals surface area contributed by atoms with Gasteiger partial charge in [-0.25, -0.2) is 9.97 Å². The number of rotatable bonds is 5. The molecule has 0 spiro atoms. The van der Waals surface area contributed by atoms with E-state index in [0.717, 1.165) is 16.3 Å². The molecule has 27 heavy (non-hydrogen) atoms. The van der Waals surface area contributed by atoms with Gasteiger partial charge in [0.15, 0.2) is 10.9 Å². The molecular formula is C20H20N4O2S. The molecule has 0 atom stereocenters. The summed E-state index contributed by atoms with van der Waals surface area (Å²) in [6.07, 6.45) is 1.65. The van der Waals surface area contributed by atoms with Gasteiger partial charge < -0.3 is 9.88 Å². The second kappa shape index (κ2) is 7.75. The molecule has 7 heteroatoms. The average Bonchev–Trinajstić information content (AvgIpc) is 2.98. The Kier molecular flexibility index (Phi) is 5.41. The van der Waals surface area contributed by atoms with Gasteiger partial charge in [-0.05, 0) is 68.9 Å². The molecule has 138 valence electrons. The lowest BCUT2D eigenvalue weighted by Gasteiger charge is -2.07. The molecule has 1 N–H and O–H groups in total. The lowest BCUT2D eigenvalue weighted by molar-refractivity contribution is 0.101. The predicted octanol–water partition coefficient (Wildman–Crippen LogP) is 4.04. The van der Waals surface area contributed by atoms with Gasteiger partial charge in [-0.1, -0.05) is 0 Å². The third kappa shape index (κ3) is 4.62. The van der Waals surface area contributed by atoms with E-state index in [0.29, 0.717) is 22.1 Å². The number of hydrogen-bond acceptors (Lipinski definition) is 5. The Balaban J connectivity index is 1.70. The minimum atomic E-state index is -0.261. The maximum absolute atomic E-state index is 12.5. The SMILES string of the molecule is CC(=O)c1cc(C(=O)Nc2ccc(Sc3nc(C)cc(C)n3)cc2)n(C)c1. The highest BCUT2D eigenvalue weighted by Crippen LogP contribution is 2.26. The number of anilines is 1. The monoisotopic (exact) mass is 380 g/mol. The molecule has 0 saturated heterocycles. The number of carbonyl (C=O) groups excluding carboxylic acids is 2. The van der Waals surface area contributed by atoms with Gasteiger partial charge in [-0.15, -0.1) is 0 Å². The molecule has 6 nitrogen and oxygen atoms in total. The standard InChI is InChI=1S/C20H20N4O2S/c1-12-9-13(2)22-20(21-12)27-17-7-5-16(6-8-17)23-19(26)18-10-15(14(3)25)11-24(18)4/h5-11H,1-4H3,(H,23,26). The Hall–Kier alpha value is -2.93. The smallest absolute Gasteiger partial charge is 0.272 e. The molecule has 0 bridgehead atoms. The van der Waals surface area contributed by atoms with E-state index >= 15 is 0 Å². The third-order valence-corrected chi connectivity index (χ3v) is 4.80. The molecule has 1 aromatic carbocycles. The highest BCUT2D eigenvalue weighted by atomic mass is 32.2. The van der Waals surface area contributed by atoms with E-state index in [9.17, 15) is 9.59 Å². The van der Waals surface area contributed by atoms with Crippen LogP contribution in [-0.4, -0.2) is 26.2 Å². The summed E-state index contributed by atoms with van der Waals surface area (Å²) in [6, 6.07) is 11.0. The molecule has 2 heterocycles. The van der Waals surface area contributed by atoms with Crippen molar-refractivity contribution in [3.8, 4) is 0 Å². The van der Waals surface area contributed by atoms with E-state index in [1.54, 1.807) is 23.9 Å². The summed E-state index contributed by atoms with van der Waals surface area (Å²) in [5.74, 6) is -0.331. The minimum Gasteiger partial charge on any atom is -0.346 e. The van der Waals surface area contributed by atoms with Crippen LogP contribution >= 0.6 is 11.8 Å². The number of aryl methyl sites for hydroxylation is 3. The van der Waals surface area contributed by atoms with E-state index in [1.807, 2.05) is 44.2 Å². The Morgan fingerprint density at radius 3 is 2.22 bits per heavy atom. The van der Waals surface area contributed by atoms with E-state index < -0.39 is 0 Å². The van der Waals surface area contributed by atoms with Crippen molar-refractivity contribution in [2.45, 2.75) is 30.8 Å². The van der Waals surface area contributed by atoms with Crippen LogP contribution in [0.4, 0.5) is 5.69 Å². The molecule has 0 aliphatic heterocycles. The van der Waals surface area contributed by atoms with Crippen molar-refractivity contribution in [2.75, 3.05) is 5.32 Å². The summed E-state index contributed by atoms with van der Waals surface area (Å²) in [6.45, 7) is 5.36. The summed E-state index contributed by atoms with van der Waals surface area (Å²) in [5.41, 5.74) is 3.49. The Morgan fingerprint density at radius 1 is 1.04 bits per heavy atom. The summed E-state index contributed by atoms with van der Waals surface area (Å²) < 4.78 is 1.65. The molecular weight excluding hydrogens is 360 g/mol. The van der Waals surface area contributed by atoms with Crippen LogP contribution in [0.1, 0.15) is 39.2 Å². The quantitative estimate of drug-likeness (QED) is 0.534. The van der Waals surface area contributed by atoms with Crippen molar-refractivity contribution in [2.24, 2.45) is 7.05 Å². The Bertz CT molecular complexity index is 989. The molecule has 0 aliphatic rings. The van der Waals surface area contributed by atoms with Gasteiger partial charge in [0.2, 0.25) is 0 Å². The van der Waals surface area contributed by atoms with Crippen LogP contribution in [0.2, 0.25) is 0 Å². The van der Waals surface area contributed by atoms with Crippen LogP contribution < -0.4 is 5.32 Å². The number of nitrogens with one attached hydrogen (secondary N) is 1. The van der Waals surface area contributed by atoms with Gasteiger partial charge in [0.05, 0.1) is 0 Å². The normalized spacial score (nSPS) is 10.7. The largest absolute Gasteiger partial charge is 0.346 e. The van der Waals surface area contributed by atoms with Crippen LogP contribution in [0.25, 0.3) is 0 Å². The number of nitrogens with zero attached hydrogens (tertiary/aromatic N) is 3. The molecule has 3 rings (SSSR count). The van der Waals surface area contributed by atoms with Gasteiger partial charge in [-0.2, -0.15) is 0 Å². The van der Waals surface area contributed by atoms with Gasteiger partial charge in [0, 0.05) is 40.8 Å². The fourth-order valence-electron chi connectivity index (χ4n) is 2.63. The van der Waals surface area contributed by atoms with Gasteiger partial charge in [0.25, 0.3) is 5.91 Å². The first-order chi connectivity index (χ1) is 12.8. The number of carbonyl (C=O) groups is 2. The van der Waals surface area contributed by atoms with E-state index in [2.05, 4.69) is 15.3 Å². The first-order valence-corrected chi connectivity index (χ1v) is 9.22. The lowest BCUT2D eigenvalue weighted by atomic mass is 10.2. The number of hydrogen-bond donors (Lipinski definition) is 1. The number of Topliss-reactive ketones (excluding diaryl/α,β-unsaturated/α-hetero) is 1. The van der Waals surface area contributed by atoms with Crippen molar-refractivity contribution >= 4 is 29.1 Å². The third-order valence-electron chi connectivity index (χ3n) is 3.93. The molecule has 1 amide bonds. The molecule has 3 aromatic rings. The molecule has 0 unspecified atom stereocenters. The van der Waals surface area contributed by atoms with Crippen LogP contribution in [0.15, 0.2) is 52.6 Å². The molecule has 2 aromatic heterocycles. The first-order valence-electron chi connectivity index (χ1n) is 8.40. The molecule has 0 aliphatic carbocycles. The number of ketones is 1. The summed E-state index contributed by atoms with van der Waals surface area (Å²) in [5, 5.41) is 3.55. The van der Waals surface area contributed by atoms with Gasteiger partial charge >= 0.3 is 0 Å². The molecule has 0 radical (unpaired) electrons. The topological polar surface area (TPSA) is 76.9 Å². The number of amides is 1. The van der Waals surface area contributed by atoms with Crippen LogP contribution in [0.3, 0.4) is 0 Å². The van der Waals surface area contributed by atoms with Crippen molar-refractivity contribution in [3.05, 3.63) is 65.2 Å². The van der Waals surface area contributed by atoms with E-state index in [-0.39, 0.29) is 11.7 Å². The fourth-order valence-corrected chi connectivity index (χ4v) is 3.49. The zero-order valence-electron chi connectivity index (χ0n) is 15.6. The minimum absolute atomic E-state index is 0.0698. The lowest BCUT2D eigenvalue weighted by Crippen LogP contribution is -2.15. The maximum Gasteiger partial charge on any atom is 0.272 e. The highest BCUT2D eigenvalue weighted by molar-refractivity contribution is 7.99. The van der Waals surface area contributed by atoms with Crippen molar-refractivity contribution in [1.82, 2.24) is 14.5 Å². The van der Waals surface area contributed by atoms with Crippen LogP contribution in [0, 0.1) is 13.8 Å². The zero-order chi connectivity index (χ0) is 19.6. The Morgan fingerprint density at radius 2 is 1.67 bits per heavy atom. The van der Waals surface area contributed by atoms with Crippen LogP contribution in [0.5, 0.6) is 0 Å². The average molecular weight is 380 g/mol. The van der Waals surface area contributed by atoms with E-state index in [1.165, 1.54) is 18.7 Å². The summed E-state index contributed by atoms with van der Waals surface area (Å²) in [7, 11) is 1.74. The number of benzene rings is 1. The predicted molar refractivity (Wildman–Crippen MR) is 105 cm³/mol. The first kappa shape index (κ1) is 18.8. The van der Waals surface area contributed by atoms with E-state index in [4.69, 9.17) is 0 Å². The second-order valence-corrected chi connectivity index (χ2v) is 7.34. The van der Waals surface area contributed by atoms with Crippen LogP contribution in [-0.2, 0) is 7.05 Å². The highest BCUT2D eigenvalue weighted by Gasteiger charge is 2.14. The maximum atomic E-state index is 12.5. The molecule has 0 fully saturated rings. The van der Waals surface area contributed by atoms with Crippen molar-refractivity contribution in [3.63, 3.8) is 0 Å². The van der Waals surface area contributed by atoms with Crippen molar-refractivity contribution in [1.29, 1.82) is 0 Å². The number of aromatic nitrogens is 3. The second-order valence-electron chi connectivity index (χ2n) is 6.29. The Labute approximate surface area is 162 Å².